The second kappa shape index (κ2) is 7.00. The number of amides is 1. The minimum atomic E-state index is -0.207. The van der Waals surface area contributed by atoms with E-state index in [9.17, 15) is 4.79 Å². The molecule has 0 spiro atoms. The minimum Gasteiger partial charge on any atom is -0.317 e. The van der Waals surface area contributed by atoms with Crippen molar-refractivity contribution in [2.45, 2.75) is 32.4 Å². The highest BCUT2D eigenvalue weighted by molar-refractivity contribution is 7.14. The van der Waals surface area contributed by atoms with E-state index in [4.69, 9.17) is 5.84 Å². The zero-order valence-corrected chi connectivity index (χ0v) is 12.1. The van der Waals surface area contributed by atoms with Crippen LogP contribution in [0.2, 0.25) is 0 Å². The van der Waals surface area contributed by atoms with Crippen LogP contribution in [0.15, 0.2) is 12.1 Å². The Morgan fingerprint density at radius 3 is 2.89 bits per heavy atom. The molecule has 6 heteroatoms. The molecule has 1 fully saturated rings. The first-order valence-electron chi connectivity index (χ1n) is 6.79. The zero-order valence-electron chi connectivity index (χ0n) is 11.3. The summed E-state index contributed by atoms with van der Waals surface area (Å²) in [6, 6.07) is 4.53. The Morgan fingerprint density at radius 2 is 2.26 bits per heavy atom. The minimum absolute atomic E-state index is 0.207. The molecule has 4 N–H and O–H groups in total. The van der Waals surface area contributed by atoms with Crippen LogP contribution in [-0.2, 0) is 6.54 Å². The largest absolute Gasteiger partial charge is 0.317 e. The van der Waals surface area contributed by atoms with Crippen molar-refractivity contribution in [1.82, 2.24) is 15.6 Å². The van der Waals surface area contributed by atoms with Crippen molar-refractivity contribution in [3.05, 3.63) is 21.9 Å². The van der Waals surface area contributed by atoms with Crippen molar-refractivity contribution in [2.24, 2.45) is 5.84 Å². The van der Waals surface area contributed by atoms with E-state index >= 15 is 0 Å². The van der Waals surface area contributed by atoms with Gasteiger partial charge >= 0.3 is 0 Å². The molecule has 1 aliphatic heterocycles. The van der Waals surface area contributed by atoms with Gasteiger partial charge in [-0.15, -0.1) is 11.3 Å². The molecule has 0 radical (unpaired) electrons. The maximum atomic E-state index is 11.4. The molecule has 0 unspecified atom stereocenters. The first-order valence-corrected chi connectivity index (χ1v) is 7.60. The molecule has 1 aromatic heterocycles. The third-order valence-electron chi connectivity index (χ3n) is 3.61. The summed E-state index contributed by atoms with van der Waals surface area (Å²) in [5.41, 5.74) is 2.17. The Bertz CT molecular complexity index is 415. The van der Waals surface area contributed by atoms with Crippen molar-refractivity contribution in [2.75, 3.05) is 19.6 Å². The fourth-order valence-corrected chi connectivity index (χ4v) is 3.46. The molecule has 5 nitrogen and oxygen atoms in total. The summed E-state index contributed by atoms with van der Waals surface area (Å²) in [6.07, 6.45) is 2.41. The molecule has 0 aromatic carbocycles. The number of hydrogen-bond donors (Lipinski definition) is 3. The van der Waals surface area contributed by atoms with Crippen LogP contribution in [0.5, 0.6) is 0 Å². The second-order valence-corrected chi connectivity index (χ2v) is 5.95. The van der Waals surface area contributed by atoms with E-state index in [1.807, 2.05) is 12.1 Å². The first-order chi connectivity index (χ1) is 9.24. The number of nitrogens with one attached hydrogen (secondary N) is 2. The molecule has 0 aliphatic carbocycles. The summed E-state index contributed by atoms with van der Waals surface area (Å²) in [5.74, 6) is 4.94. The number of thiophene rings is 1. The van der Waals surface area contributed by atoms with E-state index in [0.717, 1.165) is 26.2 Å². The zero-order chi connectivity index (χ0) is 13.7. The van der Waals surface area contributed by atoms with Gasteiger partial charge in [0, 0.05) is 17.5 Å². The third kappa shape index (κ3) is 3.76. The van der Waals surface area contributed by atoms with Gasteiger partial charge in [-0.3, -0.25) is 15.1 Å². The van der Waals surface area contributed by atoms with Crippen LogP contribution in [0, 0.1) is 0 Å². The molecular weight excluding hydrogens is 260 g/mol. The molecule has 0 saturated carbocycles. The Hall–Kier alpha value is -0.950. The van der Waals surface area contributed by atoms with Crippen LogP contribution < -0.4 is 16.6 Å². The number of nitrogens with two attached hydrogens (primary N) is 1. The monoisotopic (exact) mass is 282 g/mol. The van der Waals surface area contributed by atoms with Gasteiger partial charge < -0.3 is 5.32 Å². The molecule has 2 rings (SSSR count). The van der Waals surface area contributed by atoms with Gasteiger partial charge in [-0.1, -0.05) is 6.92 Å². The molecule has 1 amide bonds. The van der Waals surface area contributed by atoms with Gasteiger partial charge in [0.2, 0.25) is 0 Å². The predicted octanol–water partition coefficient (Wildman–Crippen LogP) is 0.926. The summed E-state index contributed by atoms with van der Waals surface area (Å²) in [7, 11) is 0. The molecule has 1 saturated heterocycles. The van der Waals surface area contributed by atoms with Gasteiger partial charge in [0.05, 0.1) is 4.88 Å². The summed E-state index contributed by atoms with van der Waals surface area (Å²) in [6.45, 7) is 6.37. The highest BCUT2D eigenvalue weighted by Crippen LogP contribution is 2.21. The van der Waals surface area contributed by atoms with E-state index in [-0.39, 0.29) is 5.91 Å². The Morgan fingerprint density at radius 1 is 1.53 bits per heavy atom. The van der Waals surface area contributed by atoms with Gasteiger partial charge in [-0.25, -0.2) is 5.84 Å². The van der Waals surface area contributed by atoms with E-state index in [0.29, 0.717) is 10.9 Å². The maximum Gasteiger partial charge on any atom is 0.275 e. The second-order valence-electron chi connectivity index (χ2n) is 4.78. The molecule has 1 aliphatic rings. The maximum absolute atomic E-state index is 11.4. The van der Waals surface area contributed by atoms with Crippen LogP contribution in [0.1, 0.15) is 34.3 Å². The number of piperidine rings is 1. The number of carbonyl (C=O) groups is 1. The highest BCUT2D eigenvalue weighted by atomic mass is 32.1. The van der Waals surface area contributed by atoms with Crippen molar-refractivity contribution < 1.29 is 4.79 Å². The average molecular weight is 282 g/mol. The summed E-state index contributed by atoms with van der Waals surface area (Å²) in [5, 5.41) is 3.39. The number of rotatable bonds is 5. The van der Waals surface area contributed by atoms with Crippen LogP contribution in [-0.4, -0.2) is 36.5 Å². The van der Waals surface area contributed by atoms with E-state index in [1.54, 1.807) is 0 Å². The van der Waals surface area contributed by atoms with Crippen molar-refractivity contribution in [3.8, 4) is 0 Å². The molecular formula is C13H22N4OS. The number of nitrogens with zero attached hydrogens (tertiary/aromatic N) is 1. The van der Waals surface area contributed by atoms with Gasteiger partial charge in [0.15, 0.2) is 0 Å². The fourth-order valence-electron chi connectivity index (χ4n) is 2.53. The number of nitrogen functional groups attached to an aromatic ring is 1. The summed E-state index contributed by atoms with van der Waals surface area (Å²) in [4.78, 5) is 15.8. The Kier molecular flexibility index (Phi) is 5.33. The molecule has 1 aromatic rings. The average Bonchev–Trinajstić information content (AvgIpc) is 2.93. The van der Waals surface area contributed by atoms with E-state index in [1.165, 1.54) is 29.1 Å². The quantitative estimate of drug-likeness (QED) is 0.427. The standard InChI is InChI=1S/C13H22N4OS/c1-2-17(10-5-7-15-8-6-10)9-11-3-4-12(19-11)13(18)16-14/h3-4,10,15H,2,5-9,14H2,1H3,(H,16,18). The van der Waals surface area contributed by atoms with Crippen molar-refractivity contribution >= 4 is 17.2 Å². The topological polar surface area (TPSA) is 70.4 Å². The van der Waals surface area contributed by atoms with Crippen molar-refractivity contribution in [3.63, 3.8) is 0 Å². The van der Waals surface area contributed by atoms with Crippen LogP contribution in [0.3, 0.4) is 0 Å². The lowest BCUT2D eigenvalue weighted by Gasteiger charge is -2.33. The normalized spacial score (nSPS) is 16.8. The van der Waals surface area contributed by atoms with Crippen LogP contribution in [0.25, 0.3) is 0 Å². The number of hydrogen-bond acceptors (Lipinski definition) is 5. The summed E-state index contributed by atoms with van der Waals surface area (Å²) >= 11 is 1.52. The summed E-state index contributed by atoms with van der Waals surface area (Å²) < 4.78 is 0. The fraction of sp³-hybridized carbons (Fsp3) is 0.615. The van der Waals surface area contributed by atoms with Gasteiger partial charge in [0.25, 0.3) is 5.91 Å². The molecule has 0 atom stereocenters. The third-order valence-corrected chi connectivity index (χ3v) is 4.68. The predicted molar refractivity (Wildman–Crippen MR) is 77.9 cm³/mol. The van der Waals surface area contributed by atoms with E-state index in [2.05, 4.69) is 22.6 Å². The lowest BCUT2D eigenvalue weighted by Crippen LogP contribution is -2.42. The Labute approximate surface area is 118 Å². The molecule has 2 heterocycles. The molecule has 19 heavy (non-hydrogen) atoms. The highest BCUT2D eigenvalue weighted by Gasteiger charge is 2.20. The van der Waals surface area contributed by atoms with Crippen LogP contribution >= 0.6 is 11.3 Å². The number of hydrazine groups is 1. The lowest BCUT2D eigenvalue weighted by molar-refractivity contribution is 0.0957. The Balaban J connectivity index is 1.97. The molecule has 106 valence electrons. The SMILES string of the molecule is CCN(Cc1ccc(C(=O)NN)s1)C1CCNCC1. The van der Waals surface area contributed by atoms with Crippen molar-refractivity contribution in [1.29, 1.82) is 0 Å². The number of carbonyl (C=O) groups excluding carboxylic acids is 1. The van der Waals surface area contributed by atoms with Gasteiger partial charge in [0.1, 0.15) is 0 Å². The molecule has 0 bridgehead atoms. The lowest BCUT2D eigenvalue weighted by atomic mass is 10.0. The van der Waals surface area contributed by atoms with Gasteiger partial charge in [-0.2, -0.15) is 0 Å². The van der Waals surface area contributed by atoms with E-state index < -0.39 is 0 Å². The first kappa shape index (κ1) is 14.5. The smallest absolute Gasteiger partial charge is 0.275 e. The van der Waals surface area contributed by atoms with Crippen LogP contribution in [0.4, 0.5) is 0 Å². The van der Waals surface area contributed by atoms with Gasteiger partial charge in [-0.05, 0) is 44.6 Å².